The largest absolute Gasteiger partial charge is 0.496 e. The molecule has 2 aliphatic heterocycles. The fraction of sp³-hybridized carbons (Fsp3) is 0.448. The van der Waals surface area contributed by atoms with Crippen LogP contribution in [-0.4, -0.2) is 78.0 Å². The maximum absolute atomic E-state index is 12.4. The topological polar surface area (TPSA) is 79.9 Å². The molecule has 0 aliphatic carbocycles. The molecule has 4 heterocycles. The molecule has 196 valence electrons. The standard InChI is InChI=1S/C29H36N4O4/c1-29(2,3)37-28(34)33-11-8-21(9-12-33)25-18-24-22(7-10-30-27(24)31-25)23-17-20(5-6-26(23)35-4)19-32-13-15-36-16-14-32/h5-8,10,17-18H,9,11-16,19H2,1-4H3,(H,30,31). The van der Waals surface area contributed by atoms with Crippen molar-refractivity contribution in [3.8, 4) is 16.9 Å². The zero-order valence-electron chi connectivity index (χ0n) is 22.2. The molecule has 0 bridgehead atoms. The molecule has 8 nitrogen and oxygen atoms in total. The van der Waals surface area contributed by atoms with Crippen molar-refractivity contribution in [2.75, 3.05) is 46.5 Å². The summed E-state index contributed by atoms with van der Waals surface area (Å²) >= 11 is 0. The summed E-state index contributed by atoms with van der Waals surface area (Å²) in [5, 5.41) is 1.05. The second-order valence-corrected chi connectivity index (χ2v) is 10.6. The minimum atomic E-state index is -0.499. The Morgan fingerprint density at radius 3 is 2.62 bits per heavy atom. The van der Waals surface area contributed by atoms with Gasteiger partial charge in [-0.15, -0.1) is 0 Å². The number of ether oxygens (including phenoxy) is 3. The molecule has 0 radical (unpaired) electrons. The van der Waals surface area contributed by atoms with E-state index in [1.54, 1.807) is 12.0 Å². The number of carbonyl (C=O) groups is 1. The van der Waals surface area contributed by atoms with Crippen molar-refractivity contribution in [3.05, 3.63) is 53.9 Å². The van der Waals surface area contributed by atoms with Crippen molar-refractivity contribution in [1.29, 1.82) is 0 Å². The smallest absolute Gasteiger partial charge is 0.410 e. The normalized spacial score (nSPS) is 17.1. The molecule has 37 heavy (non-hydrogen) atoms. The second-order valence-electron chi connectivity index (χ2n) is 10.6. The highest BCUT2D eigenvalue weighted by Crippen LogP contribution is 2.37. The van der Waals surface area contributed by atoms with E-state index >= 15 is 0 Å². The van der Waals surface area contributed by atoms with Crippen molar-refractivity contribution >= 4 is 22.7 Å². The highest BCUT2D eigenvalue weighted by molar-refractivity contribution is 5.97. The van der Waals surface area contributed by atoms with Gasteiger partial charge in [0.2, 0.25) is 0 Å². The maximum atomic E-state index is 12.4. The fourth-order valence-electron chi connectivity index (χ4n) is 4.92. The molecule has 1 fully saturated rings. The number of nitrogens with one attached hydrogen (secondary N) is 1. The number of carbonyl (C=O) groups excluding carboxylic acids is 1. The van der Waals surface area contributed by atoms with Gasteiger partial charge in [-0.25, -0.2) is 9.78 Å². The summed E-state index contributed by atoms with van der Waals surface area (Å²) in [5.74, 6) is 0.839. The number of aromatic nitrogens is 2. The predicted octanol–water partition coefficient (Wildman–Crippen LogP) is 5.09. The maximum Gasteiger partial charge on any atom is 0.410 e. The zero-order chi connectivity index (χ0) is 26.0. The third-order valence-electron chi connectivity index (χ3n) is 6.80. The van der Waals surface area contributed by atoms with Gasteiger partial charge >= 0.3 is 6.09 Å². The molecule has 5 rings (SSSR count). The number of benzene rings is 1. The molecule has 1 saturated heterocycles. The summed E-state index contributed by atoms with van der Waals surface area (Å²) in [7, 11) is 1.71. The van der Waals surface area contributed by atoms with Crippen molar-refractivity contribution in [2.24, 2.45) is 0 Å². The number of H-pyrrole nitrogens is 1. The number of hydrogen-bond donors (Lipinski definition) is 1. The first-order valence-corrected chi connectivity index (χ1v) is 12.9. The van der Waals surface area contributed by atoms with Crippen molar-refractivity contribution < 1.29 is 19.0 Å². The summed E-state index contributed by atoms with van der Waals surface area (Å²) in [4.78, 5) is 24.7. The van der Waals surface area contributed by atoms with Crippen LogP contribution in [0.1, 0.15) is 38.4 Å². The lowest BCUT2D eigenvalue weighted by molar-refractivity contribution is 0.0270. The van der Waals surface area contributed by atoms with Gasteiger partial charge in [0.05, 0.1) is 20.3 Å². The Balaban J connectivity index is 1.41. The van der Waals surface area contributed by atoms with Crippen molar-refractivity contribution in [1.82, 2.24) is 19.8 Å². The predicted molar refractivity (Wildman–Crippen MR) is 145 cm³/mol. The van der Waals surface area contributed by atoms with E-state index in [0.717, 1.165) is 72.9 Å². The number of fused-ring (bicyclic) bond motifs is 1. The first-order valence-electron chi connectivity index (χ1n) is 12.9. The van der Waals surface area contributed by atoms with Crippen LogP contribution >= 0.6 is 0 Å². The van der Waals surface area contributed by atoms with Gasteiger partial charge in [0.1, 0.15) is 17.0 Å². The molecular weight excluding hydrogens is 468 g/mol. The van der Waals surface area contributed by atoms with Crippen LogP contribution in [0, 0.1) is 0 Å². The van der Waals surface area contributed by atoms with Gasteiger partial charge < -0.3 is 24.1 Å². The van der Waals surface area contributed by atoms with Crippen molar-refractivity contribution in [2.45, 2.75) is 39.3 Å². The number of morpholine rings is 1. The summed E-state index contributed by atoms with van der Waals surface area (Å²) in [6.07, 6.45) is 4.42. The van der Waals surface area contributed by atoms with Gasteiger partial charge in [-0.05, 0) is 68.2 Å². The Labute approximate surface area is 218 Å². The Bertz CT molecular complexity index is 1300. The zero-order valence-corrected chi connectivity index (χ0v) is 22.2. The summed E-state index contributed by atoms with van der Waals surface area (Å²) < 4.78 is 16.8. The average molecular weight is 505 g/mol. The number of hydrogen-bond acceptors (Lipinski definition) is 6. The summed E-state index contributed by atoms with van der Waals surface area (Å²) in [6.45, 7) is 11.1. The van der Waals surface area contributed by atoms with Gasteiger partial charge in [0.25, 0.3) is 0 Å². The summed E-state index contributed by atoms with van der Waals surface area (Å²) in [5.41, 5.74) is 5.93. The van der Waals surface area contributed by atoms with E-state index in [2.05, 4.69) is 51.3 Å². The van der Waals surface area contributed by atoms with Gasteiger partial charge in [0.15, 0.2) is 0 Å². The third-order valence-corrected chi connectivity index (χ3v) is 6.80. The average Bonchev–Trinajstić information content (AvgIpc) is 3.33. The Morgan fingerprint density at radius 2 is 1.92 bits per heavy atom. The van der Waals surface area contributed by atoms with Crippen LogP contribution in [0.3, 0.4) is 0 Å². The first kappa shape index (κ1) is 25.3. The van der Waals surface area contributed by atoms with E-state index in [1.165, 1.54) is 11.1 Å². The van der Waals surface area contributed by atoms with Crippen LogP contribution in [0.5, 0.6) is 5.75 Å². The SMILES string of the molecule is COc1ccc(CN2CCOCC2)cc1-c1ccnc2[nH]c(C3=CCN(C(=O)OC(C)(C)C)CC3)cc12. The quantitative estimate of drug-likeness (QED) is 0.521. The van der Waals surface area contributed by atoms with Crippen LogP contribution in [0.4, 0.5) is 4.79 Å². The number of pyridine rings is 1. The van der Waals surface area contributed by atoms with E-state index in [9.17, 15) is 4.79 Å². The molecule has 1 N–H and O–H groups in total. The van der Waals surface area contributed by atoms with Gasteiger partial charge in [-0.1, -0.05) is 12.1 Å². The molecule has 2 aliphatic rings. The highest BCUT2D eigenvalue weighted by Gasteiger charge is 2.24. The monoisotopic (exact) mass is 504 g/mol. The minimum absolute atomic E-state index is 0.271. The molecule has 2 aromatic heterocycles. The van der Waals surface area contributed by atoms with Crippen LogP contribution < -0.4 is 4.74 Å². The Morgan fingerprint density at radius 1 is 1.11 bits per heavy atom. The van der Waals surface area contributed by atoms with Crippen LogP contribution in [0.25, 0.3) is 27.7 Å². The third kappa shape index (κ3) is 5.81. The molecule has 3 aromatic rings. The van der Waals surface area contributed by atoms with Gasteiger partial charge in [0, 0.05) is 55.6 Å². The Hall–Kier alpha value is -3.36. The number of nitrogens with zero attached hydrogens (tertiary/aromatic N) is 3. The van der Waals surface area contributed by atoms with E-state index in [1.807, 2.05) is 27.0 Å². The molecule has 0 atom stereocenters. The summed E-state index contributed by atoms with van der Waals surface area (Å²) in [6, 6.07) is 10.6. The molecular formula is C29H36N4O4. The molecule has 8 heteroatoms. The van der Waals surface area contributed by atoms with Gasteiger partial charge in [-0.3, -0.25) is 4.90 Å². The Kier molecular flexibility index (Phi) is 7.22. The second kappa shape index (κ2) is 10.6. The molecule has 1 amide bonds. The van der Waals surface area contributed by atoms with Crippen LogP contribution in [-0.2, 0) is 16.0 Å². The number of methoxy groups -OCH3 is 1. The molecule has 0 unspecified atom stereocenters. The van der Waals surface area contributed by atoms with E-state index in [4.69, 9.17) is 14.2 Å². The van der Waals surface area contributed by atoms with Crippen LogP contribution in [0.2, 0.25) is 0 Å². The number of aromatic amines is 1. The highest BCUT2D eigenvalue weighted by atomic mass is 16.6. The van der Waals surface area contributed by atoms with Gasteiger partial charge in [-0.2, -0.15) is 0 Å². The fourth-order valence-corrected chi connectivity index (χ4v) is 4.92. The molecule has 1 aromatic carbocycles. The van der Waals surface area contributed by atoms with Crippen LogP contribution in [0.15, 0.2) is 42.6 Å². The lowest BCUT2D eigenvalue weighted by Gasteiger charge is -2.29. The lowest BCUT2D eigenvalue weighted by Crippen LogP contribution is -2.39. The van der Waals surface area contributed by atoms with Crippen molar-refractivity contribution in [3.63, 3.8) is 0 Å². The minimum Gasteiger partial charge on any atom is -0.496 e. The lowest BCUT2D eigenvalue weighted by atomic mass is 9.99. The first-order chi connectivity index (χ1) is 17.8. The molecule has 0 saturated carbocycles. The molecule has 0 spiro atoms. The number of amides is 1. The van der Waals surface area contributed by atoms with E-state index in [0.29, 0.717) is 13.1 Å². The number of rotatable bonds is 5. The van der Waals surface area contributed by atoms with E-state index in [-0.39, 0.29) is 6.09 Å². The van der Waals surface area contributed by atoms with E-state index < -0.39 is 5.60 Å².